The van der Waals surface area contributed by atoms with E-state index in [9.17, 15) is 9.59 Å². The fraction of sp³-hybridized carbons (Fsp3) is 0.303. The summed E-state index contributed by atoms with van der Waals surface area (Å²) in [4.78, 5) is 30.8. The van der Waals surface area contributed by atoms with E-state index in [4.69, 9.17) is 32.5 Å². The van der Waals surface area contributed by atoms with Gasteiger partial charge in [0.25, 0.3) is 0 Å². The van der Waals surface area contributed by atoms with Gasteiger partial charge in [0.2, 0.25) is 11.8 Å². The highest BCUT2D eigenvalue weighted by Crippen LogP contribution is 2.33. The lowest BCUT2D eigenvalue weighted by Crippen LogP contribution is -2.61. The first-order valence-corrected chi connectivity index (χ1v) is 15.1. The Morgan fingerprint density at radius 2 is 1.88 bits per heavy atom. The number of halogens is 2. The SMILES string of the molecule is Cc1cccc(CN(C(=O)C2CNCC(=O)N2c2ccc(OCc3cc(-c4ccc(Cl)cc4Cl)no3)cc2)C2CC2)c1C. The van der Waals surface area contributed by atoms with Gasteiger partial charge in [0.05, 0.1) is 11.6 Å². The van der Waals surface area contributed by atoms with E-state index in [0.717, 1.165) is 18.4 Å². The monoisotopic (exact) mass is 618 g/mol. The lowest BCUT2D eigenvalue weighted by Gasteiger charge is -2.38. The topological polar surface area (TPSA) is 87.9 Å². The first kappa shape index (κ1) is 29.2. The number of carbonyl (C=O) groups excluding carboxylic acids is 2. The number of carbonyl (C=O) groups is 2. The summed E-state index contributed by atoms with van der Waals surface area (Å²) in [6.45, 7) is 5.44. The number of anilines is 1. The molecule has 2 amide bonds. The van der Waals surface area contributed by atoms with Gasteiger partial charge in [-0.3, -0.25) is 14.5 Å². The Balaban J connectivity index is 1.15. The summed E-state index contributed by atoms with van der Waals surface area (Å²) in [5, 5.41) is 8.26. The highest BCUT2D eigenvalue weighted by Gasteiger charge is 2.41. The molecule has 1 aromatic heterocycles. The van der Waals surface area contributed by atoms with Crippen molar-refractivity contribution >= 4 is 40.7 Å². The average molecular weight is 620 g/mol. The molecule has 222 valence electrons. The van der Waals surface area contributed by atoms with Crippen LogP contribution in [0, 0.1) is 13.8 Å². The summed E-state index contributed by atoms with van der Waals surface area (Å²) >= 11 is 12.3. The van der Waals surface area contributed by atoms with Crippen molar-refractivity contribution in [1.82, 2.24) is 15.4 Å². The molecular formula is C33H32Cl2N4O4. The van der Waals surface area contributed by atoms with E-state index in [2.05, 4.69) is 36.5 Å². The number of piperazine rings is 1. The highest BCUT2D eigenvalue weighted by molar-refractivity contribution is 6.36. The molecule has 2 fully saturated rings. The first-order valence-electron chi connectivity index (χ1n) is 14.3. The predicted octanol–water partition coefficient (Wildman–Crippen LogP) is 6.34. The van der Waals surface area contributed by atoms with Gasteiger partial charge >= 0.3 is 0 Å². The Hall–Kier alpha value is -3.85. The van der Waals surface area contributed by atoms with E-state index < -0.39 is 6.04 Å². The second-order valence-electron chi connectivity index (χ2n) is 11.1. The molecule has 1 unspecified atom stereocenters. The maximum Gasteiger partial charge on any atom is 0.247 e. The Kier molecular flexibility index (Phi) is 8.43. The minimum absolute atomic E-state index is 0.0359. The van der Waals surface area contributed by atoms with E-state index in [1.165, 1.54) is 11.1 Å². The number of aromatic nitrogens is 1. The maximum absolute atomic E-state index is 14.0. The molecule has 0 spiro atoms. The van der Waals surface area contributed by atoms with Crippen LogP contribution >= 0.6 is 23.2 Å². The van der Waals surface area contributed by atoms with Crippen LogP contribution in [0.5, 0.6) is 5.75 Å². The number of aryl methyl sites for hydroxylation is 1. The minimum Gasteiger partial charge on any atom is -0.486 e. The summed E-state index contributed by atoms with van der Waals surface area (Å²) in [6.07, 6.45) is 1.96. The zero-order valence-corrected chi connectivity index (χ0v) is 25.5. The van der Waals surface area contributed by atoms with Crippen LogP contribution in [0.3, 0.4) is 0 Å². The van der Waals surface area contributed by atoms with Gasteiger partial charge in [-0.25, -0.2) is 0 Å². The molecule has 1 atom stereocenters. The third-order valence-electron chi connectivity index (χ3n) is 8.07. The number of rotatable bonds is 9. The molecule has 1 saturated carbocycles. The van der Waals surface area contributed by atoms with Crippen LogP contribution < -0.4 is 15.0 Å². The summed E-state index contributed by atoms with van der Waals surface area (Å²) in [7, 11) is 0. The second kappa shape index (κ2) is 12.4. The Morgan fingerprint density at radius 1 is 1.09 bits per heavy atom. The smallest absolute Gasteiger partial charge is 0.247 e. The largest absolute Gasteiger partial charge is 0.486 e. The van der Waals surface area contributed by atoms with Gasteiger partial charge in [-0.2, -0.15) is 0 Å². The van der Waals surface area contributed by atoms with Gasteiger partial charge in [0, 0.05) is 41.5 Å². The third kappa shape index (κ3) is 6.42. The number of benzene rings is 3. The van der Waals surface area contributed by atoms with Crippen molar-refractivity contribution in [2.75, 3.05) is 18.0 Å². The summed E-state index contributed by atoms with van der Waals surface area (Å²) in [5.41, 5.74) is 5.48. The molecule has 0 radical (unpaired) electrons. The van der Waals surface area contributed by atoms with Crippen LogP contribution in [-0.4, -0.2) is 47.0 Å². The summed E-state index contributed by atoms with van der Waals surface area (Å²) in [6, 6.07) is 19.9. The minimum atomic E-state index is -0.633. The third-order valence-corrected chi connectivity index (χ3v) is 8.62. The van der Waals surface area contributed by atoms with Gasteiger partial charge in [-0.15, -0.1) is 0 Å². The lowest BCUT2D eigenvalue weighted by atomic mass is 10.0. The average Bonchev–Trinajstić information content (AvgIpc) is 3.73. The number of hydrogen-bond acceptors (Lipinski definition) is 6. The number of hydrogen-bond donors (Lipinski definition) is 1. The van der Waals surface area contributed by atoms with Gasteiger partial charge in [0.1, 0.15) is 24.1 Å². The predicted molar refractivity (Wildman–Crippen MR) is 166 cm³/mol. The first-order chi connectivity index (χ1) is 20.8. The molecule has 1 aliphatic carbocycles. The van der Waals surface area contributed by atoms with E-state index in [1.807, 2.05) is 23.1 Å². The zero-order chi connectivity index (χ0) is 30.1. The van der Waals surface area contributed by atoms with Crippen molar-refractivity contribution in [1.29, 1.82) is 0 Å². The fourth-order valence-corrected chi connectivity index (χ4v) is 5.89. The molecule has 4 aromatic rings. The molecular weight excluding hydrogens is 587 g/mol. The van der Waals surface area contributed by atoms with Crippen molar-refractivity contribution in [3.8, 4) is 17.0 Å². The van der Waals surface area contributed by atoms with Crippen molar-refractivity contribution < 1.29 is 18.8 Å². The molecule has 6 rings (SSSR count). The molecule has 1 aliphatic heterocycles. The van der Waals surface area contributed by atoms with Crippen molar-refractivity contribution in [2.24, 2.45) is 0 Å². The van der Waals surface area contributed by atoms with Crippen LogP contribution in [0.15, 0.2) is 71.3 Å². The quantitative estimate of drug-likeness (QED) is 0.235. The van der Waals surface area contributed by atoms with Crippen LogP contribution in [0.2, 0.25) is 10.0 Å². The maximum atomic E-state index is 14.0. The van der Waals surface area contributed by atoms with Crippen molar-refractivity contribution in [3.63, 3.8) is 0 Å². The lowest BCUT2D eigenvalue weighted by molar-refractivity contribution is -0.136. The normalized spacial score (nSPS) is 16.8. The van der Waals surface area contributed by atoms with E-state index in [-0.39, 0.29) is 31.0 Å². The van der Waals surface area contributed by atoms with Gasteiger partial charge in [-0.1, -0.05) is 46.6 Å². The Morgan fingerprint density at radius 3 is 2.63 bits per heavy atom. The van der Waals surface area contributed by atoms with E-state index in [0.29, 0.717) is 51.6 Å². The van der Waals surface area contributed by atoms with Crippen LogP contribution in [0.25, 0.3) is 11.3 Å². The number of nitrogens with zero attached hydrogens (tertiary/aromatic N) is 3. The summed E-state index contributed by atoms with van der Waals surface area (Å²) in [5.74, 6) is 0.935. The van der Waals surface area contributed by atoms with Crippen molar-refractivity contribution in [3.05, 3.63) is 99.2 Å². The molecule has 8 nitrogen and oxygen atoms in total. The summed E-state index contributed by atoms with van der Waals surface area (Å²) < 4.78 is 11.4. The number of amides is 2. The zero-order valence-electron chi connectivity index (χ0n) is 24.0. The van der Waals surface area contributed by atoms with Crippen molar-refractivity contribution in [2.45, 2.75) is 51.9 Å². The molecule has 0 bridgehead atoms. The standard InChI is InChI=1S/C33H32Cl2N4O4/c1-20-4-3-5-22(21(20)2)18-38(24-7-8-24)33(41)31-16-36-17-32(40)39(31)25-9-11-26(12-10-25)42-19-27-15-30(37-43-27)28-13-6-23(34)14-29(28)35/h3-6,9-15,24,31,36H,7-8,16-19H2,1-2H3. The Bertz CT molecular complexity index is 1650. The van der Waals surface area contributed by atoms with Crippen LogP contribution in [-0.2, 0) is 22.7 Å². The molecule has 2 aliphatic rings. The molecule has 1 saturated heterocycles. The van der Waals surface area contributed by atoms with E-state index in [1.54, 1.807) is 41.3 Å². The fourth-order valence-electron chi connectivity index (χ4n) is 5.38. The van der Waals surface area contributed by atoms with Gasteiger partial charge in [-0.05, 0) is 85.8 Å². The van der Waals surface area contributed by atoms with E-state index >= 15 is 0 Å². The van der Waals surface area contributed by atoms with Gasteiger partial charge < -0.3 is 19.5 Å². The molecule has 3 aromatic carbocycles. The molecule has 43 heavy (non-hydrogen) atoms. The number of nitrogens with one attached hydrogen (secondary N) is 1. The highest BCUT2D eigenvalue weighted by atomic mass is 35.5. The molecule has 10 heteroatoms. The second-order valence-corrected chi connectivity index (χ2v) is 11.9. The molecule has 1 N–H and O–H groups in total. The number of ether oxygens (including phenoxy) is 1. The van der Waals surface area contributed by atoms with Crippen LogP contribution in [0.1, 0.15) is 35.3 Å². The Labute approximate surface area is 260 Å². The van der Waals surface area contributed by atoms with Gasteiger partial charge in [0.15, 0.2) is 5.76 Å². The molecule has 2 heterocycles. The van der Waals surface area contributed by atoms with Crippen LogP contribution in [0.4, 0.5) is 5.69 Å².